The maximum absolute atomic E-state index is 11.0. The number of hydrogen-bond acceptors (Lipinski definition) is 1. The van der Waals surface area contributed by atoms with E-state index in [4.69, 9.17) is 5.11 Å². The molecule has 0 radical (unpaired) electrons. The van der Waals surface area contributed by atoms with Crippen molar-refractivity contribution in [1.82, 2.24) is 0 Å². The number of aliphatic carboxylic acids is 1. The molecule has 1 N–H and O–H groups in total. The second kappa shape index (κ2) is 4.32. The molecule has 0 aromatic carbocycles. The fourth-order valence-corrected chi connectivity index (χ4v) is 3.36. The lowest BCUT2D eigenvalue weighted by atomic mass is 9.78. The van der Waals surface area contributed by atoms with Gasteiger partial charge in [-0.1, -0.05) is 38.5 Å². The monoisotopic (exact) mass is 234 g/mol. The van der Waals surface area contributed by atoms with Gasteiger partial charge >= 0.3 is 5.97 Å². The van der Waals surface area contributed by atoms with E-state index in [-0.39, 0.29) is 5.41 Å². The average Bonchev–Trinajstić information content (AvgIpc) is 2.47. The Morgan fingerprint density at radius 2 is 2.18 bits per heavy atom. The largest absolute Gasteiger partial charge is 0.478 e. The van der Waals surface area contributed by atoms with Crippen LogP contribution in [0, 0.1) is 17.3 Å². The Kier molecular flexibility index (Phi) is 3.15. The van der Waals surface area contributed by atoms with E-state index in [1.165, 1.54) is 18.4 Å². The zero-order valence-electron chi connectivity index (χ0n) is 11.0. The average molecular weight is 234 g/mol. The number of carboxylic acid groups (broad SMARTS) is 1. The van der Waals surface area contributed by atoms with E-state index >= 15 is 0 Å². The SMILES string of the molecule is CC(C)C1CCC2(C)CC=C(C(=O)O)CC=C12. The van der Waals surface area contributed by atoms with Crippen LogP contribution in [0.3, 0.4) is 0 Å². The van der Waals surface area contributed by atoms with Gasteiger partial charge in [0, 0.05) is 5.57 Å². The topological polar surface area (TPSA) is 37.3 Å². The first-order valence-electron chi connectivity index (χ1n) is 6.57. The van der Waals surface area contributed by atoms with Crippen LogP contribution in [-0.2, 0) is 4.79 Å². The molecule has 2 unspecified atom stereocenters. The summed E-state index contributed by atoms with van der Waals surface area (Å²) < 4.78 is 0. The number of rotatable bonds is 2. The molecule has 0 aliphatic heterocycles. The van der Waals surface area contributed by atoms with Crippen molar-refractivity contribution in [1.29, 1.82) is 0 Å². The van der Waals surface area contributed by atoms with Gasteiger partial charge in [-0.25, -0.2) is 4.79 Å². The highest BCUT2D eigenvalue weighted by Crippen LogP contribution is 2.52. The Morgan fingerprint density at radius 3 is 2.76 bits per heavy atom. The highest BCUT2D eigenvalue weighted by atomic mass is 16.4. The maximum Gasteiger partial charge on any atom is 0.331 e. The van der Waals surface area contributed by atoms with Crippen molar-refractivity contribution in [3.8, 4) is 0 Å². The highest BCUT2D eigenvalue weighted by Gasteiger charge is 2.41. The number of fused-ring (bicyclic) bond motifs is 1. The fraction of sp³-hybridized carbons (Fsp3) is 0.667. The maximum atomic E-state index is 11.0. The summed E-state index contributed by atoms with van der Waals surface area (Å²) in [5.74, 6) is 0.558. The van der Waals surface area contributed by atoms with Gasteiger partial charge in [0.05, 0.1) is 0 Å². The van der Waals surface area contributed by atoms with Crippen molar-refractivity contribution in [3.63, 3.8) is 0 Å². The number of allylic oxidation sites excluding steroid dienone is 3. The molecule has 0 bridgehead atoms. The van der Waals surface area contributed by atoms with Crippen LogP contribution < -0.4 is 0 Å². The van der Waals surface area contributed by atoms with Crippen LogP contribution >= 0.6 is 0 Å². The van der Waals surface area contributed by atoms with E-state index in [2.05, 4.69) is 26.8 Å². The first kappa shape index (κ1) is 12.4. The third kappa shape index (κ3) is 2.18. The van der Waals surface area contributed by atoms with Gasteiger partial charge in [-0.05, 0) is 42.9 Å². The zero-order chi connectivity index (χ0) is 12.6. The second-order valence-electron chi connectivity index (χ2n) is 6.05. The van der Waals surface area contributed by atoms with Gasteiger partial charge in [-0.3, -0.25) is 0 Å². The number of carboxylic acids is 1. The van der Waals surface area contributed by atoms with E-state index in [1.807, 2.05) is 6.08 Å². The lowest BCUT2D eigenvalue weighted by Crippen LogP contribution is -2.16. The Balaban J connectivity index is 2.30. The number of hydrogen-bond donors (Lipinski definition) is 1. The van der Waals surface area contributed by atoms with Crippen molar-refractivity contribution in [2.24, 2.45) is 17.3 Å². The summed E-state index contributed by atoms with van der Waals surface area (Å²) >= 11 is 0. The molecule has 2 aliphatic carbocycles. The molecule has 2 rings (SSSR count). The van der Waals surface area contributed by atoms with Crippen LogP contribution in [0.5, 0.6) is 0 Å². The minimum atomic E-state index is -0.758. The Morgan fingerprint density at radius 1 is 1.47 bits per heavy atom. The van der Waals surface area contributed by atoms with Crippen LogP contribution in [0.1, 0.15) is 46.5 Å². The van der Waals surface area contributed by atoms with Crippen LogP contribution in [-0.4, -0.2) is 11.1 Å². The van der Waals surface area contributed by atoms with Gasteiger partial charge in [0.25, 0.3) is 0 Å². The highest BCUT2D eigenvalue weighted by molar-refractivity contribution is 5.87. The van der Waals surface area contributed by atoms with E-state index < -0.39 is 5.97 Å². The van der Waals surface area contributed by atoms with Gasteiger partial charge in [0.2, 0.25) is 0 Å². The van der Waals surface area contributed by atoms with E-state index in [1.54, 1.807) is 0 Å². The molecule has 0 heterocycles. The standard InChI is InChI=1S/C15H22O2/c1-10(2)12-7-9-15(3)8-6-11(14(16)17)4-5-13(12)15/h5-6,10,12H,4,7-9H2,1-3H3,(H,16,17). The predicted octanol–water partition coefficient (Wildman–Crippen LogP) is 3.79. The van der Waals surface area contributed by atoms with Crippen molar-refractivity contribution in [2.45, 2.75) is 46.5 Å². The molecule has 94 valence electrons. The fourth-order valence-electron chi connectivity index (χ4n) is 3.36. The summed E-state index contributed by atoms with van der Waals surface area (Å²) in [6.07, 6.45) is 8.09. The van der Waals surface area contributed by atoms with Crippen LogP contribution in [0.15, 0.2) is 23.3 Å². The third-order valence-corrected chi connectivity index (χ3v) is 4.52. The molecule has 2 heteroatoms. The van der Waals surface area contributed by atoms with Crippen molar-refractivity contribution >= 4 is 5.97 Å². The lowest BCUT2D eigenvalue weighted by molar-refractivity contribution is -0.132. The summed E-state index contributed by atoms with van der Waals surface area (Å²) in [6.45, 7) is 6.84. The van der Waals surface area contributed by atoms with Gasteiger partial charge < -0.3 is 5.11 Å². The minimum Gasteiger partial charge on any atom is -0.478 e. The summed E-state index contributed by atoms with van der Waals surface area (Å²) in [6, 6.07) is 0. The molecule has 2 aliphatic rings. The van der Waals surface area contributed by atoms with Crippen LogP contribution in [0.4, 0.5) is 0 Å². The van der Waals surface area contributed by atoms with E-state index in [0.717, 1.165) is 6.42 Å². The first-order valence-corrected chi connectivity index (χ1v) is 6.57. The van der Waals surface area contributed by atoms with E-state index in [9.17, 15) is 4.79 Å². The lowest BCUT2D eigenvalue weighted by Gasteiger charge is -2.27. The molecule has 1 saturated carbocycles. The molecular formula is C15H22O2. The summed E-state index contributed by atoms with van der Waals surface area (Å²) in [5.41, 5.74) is 2.29. The normalized spacial score (nSPS) is 32.8. The Bertz CT molecular complexity index is 390. The van der Waals surface area contributed by atoms with Gasteiger partial charge in [-0.15, -0.1) is 0 Å². The minimum absolute atomic E-state index is 0.214. The molecule has 0 saturated heterocycles. The summed E-state index contributed by atoms with van der Waals surface area (Å²) in [5, 5.41) is 9.09. The molecule has 0 spiro atoms. The molecule has 0 aromatic heterocycles. The summed E-state index contributed by atoms with van der Waals surface area (Å²) in [7, 11) is 0. The van der Waals surface area contributed by atoms with E-state index in [0.29, 0.717) is 23.8 Å². The van der Waals surface area contributed by atoms with Crippen molar-refractivity contribution in [3.05, 3.63) is 23.3 Å². The van der Waals surface area contributed by atoms with Crippen molar-refractivity contribution in [2.75, 3.05) is 0 Å². The molecule has 2 nitrogen and oxygen atoms in total. The quantitative estimate of drug-likeness (QED) is 0.738. The molecule has 1 fully saturated rings. The second-order valence-corrected chi connectivity index (χ2v) is 6.05. The van der Waals surface area contributed by atoms with Crippen molar-refractivity contribution < 1.29 is 9.90 Å². The van der Waals surface area contributed by atoms with Crippen LogP contribution in [0.2, 0.25) is 0 Å². The molecular weight excluding hydrogens is 212 g/mol. The van der Waals surface area contributed by atoms with Gasteiger partial charge in [0.15, 0.2) is 0 Å². The predicted molar refractivity (Wildman–Crippen MR) is 68.7 cm³/mol. The number of carbonyl (C=O) groups is 1. The molecule has 2 atom stereocenters. The third-order valence-electron chi connectivity index (χ3n) is 4.52. The molecule has 0 amide bonds. The van der Waals surface area contributed by atoms with Crippen LogP contribution in [0.25, 0.3) is 0 Å². The van der Waals surface area contributed by atoms with Gasteiger partial charge in [0.1, 0.15) is 0 Å². The first-order chi connectivity index (χ1) is 7.94. The Hall–Kier alpha value is -1.05. The molecule has 17 heavy (non-hydrogen) atoms. The zero-order valence-corrected chi connectivity index (χ0v) is 11.0. The summed E-state index contributed by atoms with van der Waals surface area (Å²) in [4.78, 5) is 11.0. The smallest absolute Gasteiger partial charge is 0.331 e. The molecule has 0 aromatic rings. The Labute approximate surface area is 103 Å². The van der Waals surface area contributed by atoms with Gasteiger partial charge in [-0.2, -0.15) is 0 Å².